The molecule has 0 saturated carbocycles. The second-order valence-electron chi connectivity index (χ2n) is 3.54. The van der Waals surface area contributed by atoms with Crippen molar-refractivity contribution in [3.63, 3.8) is 0 Å². The van der Waals surface area contributed by atoms with E-state index in [0.29, 0.717) is 12.2 Å². The molecule has 1 N–H and O–H groups in total. The van der Waals surface area contributed by atoms with Crippen LogP contribution < -0.4 is 5.32 Å². The van der Waals surface area contributed by atoms with Gasteiger partial charge in [0.15, 0.2) is 5.78 Å². The number of aromatic nitrogens is 2. The third-order valence-corrected chi connectivity index (χ3v) is 2.43. The number of nitrogens with zero attached hydrogens (tertiary/aromatic N) is 3. The first-order valence-corrected chi connectivity index (χ1v) is 5.08. The van der Waals surface area contributed by atoms with Crippen molar-refractivity contribution in [1.82, 2.24) is 20.2 Å². The fraction of sp³-hybridized carbons (Fsp3) is 0.500. The molecule has 2 rings (SSSR count). The summed E-state index contributed by atoms with van der Waals surface area (Å²) >= 11 is 0. The molecule has 2 heterocycles. The molecule has 0 amide bonds. The molecule has 1 aromatic rings. The van der Waals surface area contributed by atoms with Gasteiger partial charge in [-0.25, -0.2) is 4.98 Å². The van der Waals surface area contributed by atoms with Crippen LogP contribution in [-0.4, -0.2) is 53.4 Å². The van der Waals surface area contributed by atoms with E-state index in [4.69, 9.17) is 0 Å². The van der Waals surface area contributed by atoms with Gasteiger partial charge in [-0.3, -0.25) is 14.7 Å². The average Bonchev–Trinajstić information content (AvgIpc) is 2.31. The minimum atomic E-state index is 0.0463. The first-order chi connectivity index (χ1) is 7.36. The standard InChI is InChI=1S/C10H14N4O/c15-10(9-7-12-1-2-13-9)8-14-5-3-11-4-6-14/h1-2,7,11H,3-6,8H2. The second-order valence-corrected chi connectivity index (χ2v) is 3.54. The summed E-state index contributed by atoms with van der Waals surface area (Å²) in [5.41, 5.74) is 0.455. The van der Waals surface area contributed by atoms with Crippen LogP contribution in [0.2, 0.25) is 0 Å². The number of carbonyl (C=O) groups excluding carboxylic acids is 1. The summed E-state index contributed by atoms with van der Waals surface area (Å²) in [5, 5.41) is 3.25. The molecule has 1 aliphatic heterocycles. The van der Waals surface area contributed by atoms with Gasteiger partial charge in [-0.2, -0.15) is 0 Å². The molecule has 0 radical (unpaired) electrons. The van der Waals surface area contributed by atoms with Crippen molar-refractivity contribution < 1.29 is 4.79 Å². The van der Waals surface area contributed by atoms with Crippen molar-refractivity contribution in [3.05, 3.63) is 24.3 Å². The molecule has 1 saturated heterocycles. The van der Waals surface area contributed by atoms with Gasteiger partial charge < -0.3 is 5.32 Å². The Balaban J connectivity index is 1.91. The molecule has 5 heteroatoms. The van der Waals surface area contributed by atoms with Crippen molar-refractivity contribution in [2.24, 2.45) is 0 Å². The van der Waals surface area contributed by atoms with E-state index < -0.39 is 0 Å². The van der Waals surface area contributed by atoms with Gasteiger partial charge in [-0.1, -0.05) is 0 Å². The van der Waals surface area contributed by atoms with E-state index in [9.17, 15) is 4.79 Å². The summed E-state index contributed by atoms with van der Waals surface area (Å²) in [6.45, 7) is 4.19. The highest BCUT2D eigenvalue weighted by Crippen LogP contribution is 1.98. The quantitative estimate of drug-likeness (QED) is 0.680. The lowest BCUT2D eigenvalue weighted by atomic mass is 10.2. The molecule has 0 atom stereocenters. The molecule has 0 bridgehead atoms. The Morgan fingerprint density at radius 3 is 2.87 bits per heavy atom. The summed E-state index contributed by atoms with van der Waals surface area (Å²) in [6, 6.07) is 0. The van der Waals surface area contributed by atoms with Gasteiger partial charge in [-0.05, 0) is 0 Å². The Morgan fingerprint density at radius 2 is 2.20 bits per heavy atom. The minimum absolute atomic E-state index is 0.0463. The van der Waals surface area contributed by atoms with Crippen LogP contribution in [0.1, 0.15) is 10.5 Å². The van der Waals surface area contributed by atoms with Crippen LogP contribution in [0.5, 0.6) is 0 Å². The van der Waals surface area contributed by atoms with Crippen molar-refractivity contribution in [2.45, 2.75) is 0 Å². The Labute approximate surface area is 88.5 Å². The minimum Gasteiger partial charge on any atom is -0.314 e. The normalized spacial score (nSPS) is 17.6. The number of rotatable bonds is 3. The lowest BCUT2D eigenvalue weighted by Crippen LogP contribution is -2.45. The predicted molar refractivity (Wildman–Crippen MR) is 55.7 cm³/mol. The highest BCUT2D eigenvalue weighted by molar-refractivity contribution is 5.95. The highest BCUT2D eigenvalue weighted by atomic mass is 16.1. The number of piperazine rings is 1. The topological polar surface area (TPSA) is 58.1 Å². The summed E-state index contributed by atoms with van der Waals surface area (Å²) < 4.78 is 0. The van der Waals surface area contributed by atoms with E-state index in [-0.39, 0.29) is 5.78 Å². The molecule has 1 aromatic heterocycles. The van der Waals surface area contributed by atoms with Crippen LogP contribution in [0.4, 0.5) is 0 Å². The number of hydrogen-bond acceptors (Lipinski definition) is 5. The highest BCUT2D eigenvalue weighted by Gasteiger charge is 2.15. The lowest BCUT2D eigenvalue weighted by molar-refractivity contribution is 0.0916. The molecular weight excluding hydrogens is 192 g/mol. The molecular formula is C10H14N4O. The van der Waals surface area contributed by atoms with E-state index in [1.807, 2.05) is 0 Å². The largest absolute Gasteiger partial charge is 0.314 e. The Bertz CT molecular complexity index is 321. The fourth-order valence-corrected chi connectivity index (χ4v) is 1.60. The number of hydrogen-bond donors (Lipinski definition) is 1. The Hall–Kier alpha value is -1.33. The van der Waals surface area contributed by atoms with Crippen LogP contribution in [0, 0.1) is 0 Å². The van der Waals surface area contributed by atoms with E-state index in [2.05, 4.69) is 20.2 Å². The Morgan fingerprint density at radius 1 is 1.40 bits per heavy atom. The summed E-state index contributed by atoms with van der Waals surface area (Å²) in [7, 11) is 0. The van der Waals surface area contributed by atoms with Crippen LogP contribution in [0.15, 0.2) is 18.6 Å². The van der Waals surface area contributed by atoms with Crippen LogP contribution in [-0.2, 0) is 0 Å². The smallest absolute Gasteiger partial charge is 0.196 e. The summed E-state index contributed by atoms with van der Waals surface area (Å²) in [6.07, 6.45) is 4.64. The van der Waals surface area contributed by atoms with Gasteiger partial charge in [0.1, 0.15) is 5.69 Å². The zero-order valence-electron chi connectivity index (χ0n) is 8.52. The Kier molecular flexibility index (Phi) is 3.37. The third kappa shape index (κ3) is 2.81. The first kappa shape index (κ1) is 10.2. The fourth-order valence-electron chi connectivity index (χ4n) is 1.60. The van der Waals surface area contributed by atoms with Gasteiger partial charge >= 0.3 is 0 Å². The monoisotopic (exact) mass is 206 g/mol. The van der Waals surface area contributed by atoms with Crippen LogP contribution >= 0.6 is 0 Å². The maximum absolute atomic E-state index is 11.7. The maximum atomic E-state index is 11.7. The van der Waals surface area contributed by atoms with Gasteiger partial charge in [0.2, 0.25) is 0 Å². The number of carbonyl (C=O) groups is 1. The van der Waals surface area contributed by atoms with Gasteiger partial charge in [0.05, 0.1) is 12.7 Å². The molecule has 0 aliphatic carbocycles. The van der Waals surface area contributed by atoms with E-state index in [1.54, 1.807) is 12.4 Å². The molecule has 5 nitrogen and oxygen atoms in total. The maximum Gasteiger partial charge on any atom is 0.196 e. The van der Waals surface area contributed by atoms with E-state index in [0.717, 1.165) is 26.2 Å². The van der Waals surface area contributed by atoms with Gasteiger partial charge in [-0.15, -0.1) is 0 Å². The number of nitrogens with one attached hydrogen (secondary N) is 1. The van der Waals surface area contributed by atoms with Crippen LogP contribution in [0.3, 0.4) is 0 Å². The van der Waals surface area contributed by atoms with E-state index in [1.165, 1.54) is 6.20 Å². The van der Waals surface area contributed by atoms with Crippen molar-refractivity contribution >= 4 is 5.78 Å². The summed E-state index contributed by atoms with van der Waals surface area (Å²) in [5.74, 6) is 0.0463. The first-order valence-electron chi connectivity index (χ1n) is 5.08. The van der Waals surface area contributed by atoms with Crippen molar-refractivity contribution in [2.75, 3.05) is 32.7 Å². The second kappa shape index (κ2) is 4.95. The zero-order valence-corrected chi connectivity index (χ0v) is 8.52. The molecule has 0 spiro atoms. The van der Waals surface area contributed by atoms with Crippen molar-refractivity contribution in [3.8, 4) is 0 Å². The predicted octanol–water partition coefficient (Wildman–Crippen LogP) is -0.435. The molecule has 80 valence electrons. The molecule has 0 aromatic carbocycles. The van der Waals surface area contributed by atoms with Crippen LogP contribution in [0.25, 0.3) is 0 Å². The SMILES string of the molecule is O=C(CN1CCNCC1)c1cnccn1. The molecule has 0 unspecified atom stereocenters. The van der Waals surface area contributed by atoms with Gasteiger partial charge in [0.25, 0.3) is 0 Å². The molecule has 1 aliphatic rings. The molecule has 1 fully saturated rings. The summed E-state index contributed by atoms with van der Waals surface area (Å²) in [4.78, 5) is 21.8. The van der Waals surface area contributed by atoms with E-state index >= 15 is 0 Å². The molecule has 15 heavy (non-hydrogen) atoms. The average molecular weight is 206 g/mol. The number of ketones is 1. The zero-order chi connectivity index (χ0) is 10.5. The number of Topliss-reactive ketones (excluding diaryl/α,β-unsaturated/α-hetero) is 1. The third-order valence-electron chi connectivity index (χ3n) is 2.43. The lowest BCUT2D eigenvalue weighted by Gasteiger charge is -2.26. The van der Waals surface area contributed by atoms with Gasteiger partial charge in [0, 0.05) is 38.6 Å². The van der Waals surface area contributed by atoms with Crippen molar-refractivity contribution in [1.29, 1.82) is 0 Å².